The van der Waals surface area contributed by atoms with E-state index in [4.69, 9.17) is 9.63 Å². The SMILES string of the molecule is CCN(CC(=O)O)C1CC(NC(=O)N2CCCC(c3noc(C(C)C)n3)C2)C1. The van der Waals surface area contributed by atoms with Crippen LogP contribution in [0.4, 0.5) is 4.79 Å². The summed E-state index contributed by atoms with van der Waals surface area (Å²) in [4.78, 5) is 31.9. The van der Waals surface area contributed by atoms with Gasteiger partial charge in [0, 0.05) is 37.0 Å². The molecule has 2 amide bonds. The second kappa shape index (κ2) is 8.89. The maximum absolute atomic E-state index is 12.7. The summed E-state index contributed by atoms with van der Waals surface area (Å²) in [6, 6.07) is 0.287. The molecule has 9 heteroatoms. The highest BCUT2D eigenvalue weighted by molar-refractivity contribution is 5.75. The molecule has 2 heterocycles. The molecule has 0 aromatic carbocycles. The van der Waals surface area contributed by atoms with Gasteiger partial charge in [0.05, 0.1) is 6.54 Å². The van der Waals surface area contributed by atoms with Crippen molar-refractivity contribution >= 4 is 12.0 Å². The quantitative estimate of drug-likeness (QED) is 0.729. The van der Waals surface area contributed by atoms with Crippen molar-refractivity contribution in [2.75, 3.05) is 26.2 Å². The van der Waals surface area contributed by atoms with Crippen LogP contribution in [0.5, 0.6) is 0 Å². The molecule has 2 aliphatic rings. The van der Waals surface area contributed by atoms with Crippen molar-refractivity contribution in [2.24, 2.45) is 0 Å². The number of carbonyl (C=O) groups is 2. The number of aromatic nitrogens is 2. The highest BCUT2D eigenvalue weighted by Gasteiger charge is 2.36. The number of nitrogens with zero attached hydrogens (tertiary/aromatic N) is 4. The number of hydrogen-bond donors (Lipinski definition) is 2. The third-order valence-corrected chi connectivity index (χ3v) is 5.73. The largest absolute Gasteiger partial charge is 0.480 e. The Morgan fingerprint density at radius 2 is 2.14 bits per heavy atom. The smallest absolute Gasteiger partial charge is 0.317 e. The van der Waals surface area contributed by atoms with E-state index in [2.05, 4.69) is 15.5 Å². The number of rotatable bonds is 7. The predicted octanol–water partition coefficient (Wildman–Crippen LogP) is 2.02. The number of piperidine rings is 1. The maximum Gasteiger partial charge on any atom is 0.317 e. The summed E-state index contributed by atoms with van der Waals surface area (Å²) in [6.07, 6.45) is 3.46. The highest BCUT2D eigenvalue weighted by Crippen LogP contribution is 2.28. The van der Waals surface area contributed by atoms with Crippen LogP contribution in [0, 0.1) is 0 Å². The van der Waals surface area contributed by atoms with Gasteiger partial charge in [-0.3, -0.25) is 9.69 Å². The topological polar surface area (TPSA) is 112 Å². The Bertz CT molecular complexity index is 686. The molecule has 0 spiro atoms. The van der Waals surface area contributed by atoms with E-state index in [-0.39, 0.29) is 36.5 Å². The average molecular weight is 393 g/mol. The molecule has 1 atom stereocenters. The standard InChI is InChI=1S/C19H31N5O4/c1-4-23(11-16(25)26)15-8-14(9-15)20-19(27)24-7-5-6-13(10-24)17-21-18(12(2)3)28-22-17/h12-15H,4-11H2,1-3H3,(H,20,27)(H,25,26). The van der Waals surface area contributed by atoms with Crippen LogP contribution in [-0.2, 0) is 4.79 Å². The van der Waals surface area contributed by atoms with Crippen LogP contribution in [0.15, 0.2) is 4.52 Å². The molecule has 1 aromatic heterocycles. The predicted molar refractivity (Wildman–Crippen MR) is 102 cm³/mol. The van der Waals surface area contributed by atoms with E-state index in [1.165, 1.54) is 0 Å². The number of amides is 2. The van der Waals surface area contributed by atoms with Gasteiger partial charge in [-0.15, -0.1) is 0 Å². The van der Waals surface area contributed by atoms with Gasteiger partial charge in [0.1, 0.15) is 0 Å². The van der Waals surface area contributed by atoms with E-state index in [1.807, 2.05) is 30.6 Å². The van der Waals surface area contributed by atoms with Gasteiger partial charge in [0.25, 0.3) is 0 Å². The molecule has 2 fully saturated rings. The Balaban J connectivity index is 1.48. The summed E-state index contributed by atoms with van der Waals surface area (Å²) in [5.74, 6) is 0.822. The minimum atomic E-state index is -0.809. The lowest BCUT2D eigenvalue weighted by Gasteiger charge is -2.43. The van der Waals surface area contributed by atoms with Crippen molar-refractivity contribution in [3.63, 3.8) is 0 Å². The number of carbonyl (C=O) groups excluding carboxylic acids is 1. The highest BCUT2D eigenvalue weighted by atomic mass is 16.5. The van der Waals surface area contributed by atoms with Crippen molar-refractivity contribution in [1.82, 2.24) is 25.3 Å². The van der Waals surface area contributed by atoms with Crippen LogP contribution in [-0.4, -0.2) is 75.3 Å². The molecule has 2 N–H and O–H groups in total. The lowest BCUT2D eigenvalue weighted by molar-refractivity contribution is -0.139. The minimum Gasteiger partial charge on any atom is -0.480 e. The molecule has 0 radical (unpaired) electrons. The summed E-state index contributed by atoms with van der Waals surface area (Å²) in [5, 5.41) is 16.2. The number of carboxylic acids is 1. The van der Waals surface area contributed by atoms with E-state index in [9.17, 15) is 9.59 Å². The number of hydrogen-bond acceptors (Lipinski definition) is 6. The molecule has 1 aromatic rings. The van der Waals surface area contributed by atoms with Gasteiger partial charge in [-0.1, -0.05) is 25.9 Å². The molecule has 28 heavy (non-hydrogen) atoms. The van der Waals surface area contributed by atoms with Crippen LogP contribution in [0.2, 0.25) is 0 Å². The van der Waals surface area contributed by atoms with Gasteiger partial charge in [-0.2, -0.15) is 4.98 Å². The van der Waals surface area contributed by atoms with E-state index in [1.54, 1.807) is 0 Å². The van der Waals surface area contributed by atoms with Gasteiger partial charge in [-0.05, 0) is 32.2 Å². The van der Waals surface area contributed by atoms with Crippen LogP contribution in [0.3, 0.4) is 0 Å². The first-order valence-corrected chi connectivity index (χ1v) is 10.2. The average Bonchev–Trinajstić information content (AvgIpc) is 3.13. The van der Waals surface area contributed by atoms with Gasteiger partial charge < -0.3 is 19.8 Å². The molecule has 1 aliphatic carbocycles. The lowest BCUT2D eigenvalue weighted by atomic mass is 9.85. The van der Waals surface area contributed by atoms with Crippen LogP contribution in [0.1, 0.15) is 70.0 Å². The van der Waals surface area contributed by atoms with E-state index >= 15 is 0 Å². The zero-order valence-electron chi connectivity index (χ0n) is 16.9. The number of aliphatic carboxylic acids is 1. The van der Waals surface area contributed by atoms with Crippen molar-refractivity contribution in [3.8, 4) is 0 Å². The van der Waals surface area contributed by atoms with Gasteiger partial charge in [0.15, 0.2) is 5.82 Å². The Morgan fingerprint density at radius 3 is 2.75 bits per heavy atom. The molecule has 9 nitrogen and oxygen atoms in total. The summed E-state index contributed by atoms with van der Waals surface area (Å²) in [7, 11) is 0. The monoisotopic (exact) mass is 393 g/mol. The molecule has 1 unspecified atom stereocenters. The first-order chi connectivity index (χ1) is 13.4. The number of likely N-dealkylation sites (tertiary alicyclic amines) is 1. The summed E-state index contributed by atoms with van der Waals surface area (Å²) in [6.45, 7) is 8.07. The summed E-state index contributed by atoms with van der Waals surface area (Å²) in [5.41, 5.74) is 0. The fourth-order valence-electron chi connectivity index (χ4n) is 3.96. The van der Waals surface area contributed by atoms with Gasteiger partial charge in [-0.25, -0.2) is 4.79 Å². The zero-order valence-corrected chi connectivity index (χ0v) is 16.9. The molecule has 156 valence electrons. The molecule has 1 saturated carbocycles. The van der Waals surface area contributed by atoms with Crippen molar-refractivity contribution in [1.29, 1.82) is 0 Å². The zero-order chi connectivity index (χ0) is 20.3. The molecule has 3 rings (SSSR count). The second-order valence-corrected chi connectivity index (χ2v) is 8.16. The fourth-order valence-corrected chi connectivity index (χ4v) is 3.96. The second-order valence-electron chi connectivity index (χ2n) is 8.16. The maximum atomic E-state index is 12.7. The third kappa shape index (κ3) is 4.81. The number of carboxylic acid groups (broad SMARTS) is 1. The lowest BCUT2D eigenvalue weighted by Crippen LogP contribution is -2.57. The molecular weight excluding hydrogens is 362 g/mol. The van der Waals surface area contributed by atoms with E-state index in [0.717, 1.165) is 32.2 Å². The fraction of sp³-hybridized carbons (Fsp3) is 0.789. The van der Waals surface area contributed by atoms with Crippen LogP contribution in [0.25, 0.3) is 0 Å². The van der Waals surface area contributed by atoms with Crippen LogP contribution >= 0.6 is 0 Å². The Labute approximate surface area is 165 Å². The summed E-state index contributed by atoms with van der Waals surface area (Å²) < 4.78 is 5.31. The first-order valence-electron chi connectivity index (χ1n) is 10.2. The first kappa shape index (κ1) is 20.6. The van der Waals surface area contributed by atoms with Crippen molar-refractivity contribution in [3.05, 3.63) is 11.7 Å². The Kier molecular flexibility index (Phi) is 6.53. The molecule has 0 bridgehead atoms. The number of nitrogens with one attached hydrogen (secondary N) is 1. The van der Waals surface area contributed by atoms with Gasteiger partial charge >= 0.3 is 12.0 Å². The molecular formula is C19H31N5O4. The van der Waals surface area contributed by atoms with Crippen molar-refractivity contribution in [2.45, 2.75) is 70.4 Å². The minimum absolute atomic E-state index is 0.0537. The Morgan fingerprint density at radius 1 is 1.39 bits per heavy atom. The molecule has 1 saturated heterocycles. The van der Waals surface area contributed by atoms with Gasteiger partial charge in [0.2, 0.25) is 5.89 Å². The third-order valence-electron chi connectivity index (χ3n) is 5.73. The van der Waals surface area contributed by atoms with E-state index in [0.29, 0.717) is 24.8 Å². The van der Waals surface area contributed by atoms with E-state index < -0.39 is 5.97 Å². The summed E-state index contributed by atoms with van der Waals surface area (Å²) >= 11 is 0. The molecule has 1 aliphatic heterocycles. The normalized spacial score (nSPS) is 25.0. The number of urea groups is 1. The van der Waals surface area contributed by atoms with Crippen molar-refractivity contribution < 1.29 is 19.2 Å². The number of likely N-dealkylation sites (N-methyl/N-ethyl adjacent to an activating group) is 1. The Hall–Kier alpha value is -2.16. The van der Waals surface area contributed by atoms with Crippen LogP contribution < -0.4 is 5.32 Å².